The summed E-state index contributed by atoms with van der Waals surface area (Å²) < 4.78 is 13.7. The third kappa shape index (κ3) is 4.48. The second kappa shape index (κ2) is 8.22. The van der Waals surface area contributed by atoms with Crippen molar-refractivity contribution in [3.63, 3.8) is 0 Å². The van der Waals surface area contributed by atoms with E-state index in [-0.39, 0.29) is 42.8 Å². The maximum Gasteiger partial charge on any atom is 0.261 e. The Labute approximate surface area is 166 Å². The highest BCUT2D eigenvalue weighted by Crippen LogP contribution is 2.24. The highest BCUT2D eigenvalue weighted by Gasteiger charge is 2.34. The zero-order valence-electron chi connectivity index (χ0n) is 16.0. The van der Waals surface area contributed by atoms with Crippen molar-refractivity contribution in [1.82, 2.24) is 4.90 Å². The van der Waals surface area contributed by atoms with E-state index < -0.39 is 11.7 Å². The molecule has 0 aromatic heterocycles. The van der Waals surface area contributed by atoms with Gasteiger partial charge in [0.05, 0.1) is 16.8 Å². The van der Waals surface area contributed by atoms with Crippen LogP contribution in [-0.4, -0.2) is 35.1 Å². The van der Waals surface area contributed by atoms with Gasteiger partial charge in [-0.2, -0.15) is 0 Å². The van der Waals surface area contributed by atoms with Gasteiger partial charge in [-0.25, -0.2) is 4.39 Å². The van der Waals surface area contributed by atoms with E-state index >= 15 is 0 Å². The van der Waals surface area contributed by atoms with Crippen LogP contribution >= 0.6 is 0 Å². The van der Waals surface area contributed by atoms with Crippen molar-refractivity contribution in [2.45, 2.75) is 26.7 Å². The van der Waals surface area contributed by atoms with Crippen LogP contribution in [0.1, 0.15) is 46.0 Å². The lowest BCUT2D eigenvalue weighted by molar-refractivity contribution is -0.116. The summed E-state index contributed by atoms with van der Waals surface area (Å²) in [6.07, 6.45) is 0.356. The van der Waals surface area contributed by atoms with Gasteiger partial charge >= 0.3 is 0 Å². The largest absolute Gasteiger partial charge is 0.326 e. The van der Waals surface area contributed by atoms with Crippen molar-refractivity contribution in [3.8, 4) is 0 Å². The van der Waals surface area contributed by atoms with Gasteiger partial charge in [-0.05, 0) is 43.7 Å². The monoisotopic (exact) mass is 397 g/mol. The molecule has 1 aliphatic rings. The molecule has 2 N–H and O–H groups in total. The van der Waals surface area contributed by atoms with Gasteiger partial charge < -0.3 is 10.6 Å². The molecule has 1 heterocycles. The lowest BCUT2D eigenvalue weighted by atomic mass is 10.1. The summed E-state index contributed by atoms with van der Waals surface area (Å²) in [5.74, 6) is -2.10. The maximum atomic E-state index is 13.7. The second-order valence-electron chi connectivity index (χ2n) is 6.84. The van der Waals surface area contributed by atoms with E-state index in [4.69, 9.17) is 0 Å². The van der Waals surface area contributed by atoms with Crippen LogP contribution in [0.4, 0.5) is 15.8 Å². The number of aryl methyl sites for hydroxylation is 1. The zero-order valence-corrected chi connectivity index (χ0v) is 16.0. The van der Waals surface area contributed by atoms with E-state index in [0.717, 1.165) is 16.5 Å². The molecule has 0 spiro atoms. The van der Waals surface area contributed by atoms with Crippen molar-refractivity contribution in [1.29, 1.82) is 0 Å². The minimum Gasteiger partial charge on any atom is -0.326 e. The molecule has 0 radical (unpaired) electrons. The summed E-state index contributed by atoms with van der Waals surface area (Å²) in [4.78, 5) is 49.2. The SMILES string of the molecule is CC(=O)Nc1cc(NC(=O)CCCN2C(=O)c3ccc(C)cc3C2=O)ccc1F. The molecular formula is C21H20FN3O4. The predicted octanol–water partition coefficient (Wildman–Crippen LogP) is 3.11. The van der Waals surface area contributed by atoms with Crippen molar-refractivity contribution in [2.24, 2.45) is 0 Å². The van der Waals surface area contributed by atoms with Crippen molar-refractivity contribution in [3.05, 3.63) is 58.9 Å². The van der Waals surface area contributed by atoms with Crippen LogP contribution in [0.25, 0.3) is 0 Å². The van der Waals surface area contributed by atoms with Gasteiger partial charge in [0, 0.05) is 25.6 Å². The van der Waals surface area contributed by atoms with Crippen molar-refractivity contribution in [2.75, 3.05) is 17.2 Å². The highest BCUT2D eigenvalue weighted by molar-refractivity contribution is 6.21. The van der Waals surface area contributed by atoms with E-state index in [1.165, 1.54) is 19.1 Å². The average Bonchev–Trinajstić information content (AvgIpc) is 2.88. The van der Waals surface area contributed by atoms with Crippen molar-refractivity contribution < 1.29 is 23.6 Å². The molecule has 4 amide bonds. The molecule has 1 aliphatic heterocycles. The summed E-state index contributed by atoms with van der Waals surface area (Å²) in [6.45, 7) is 3.22. The van der Waals surface area contributed by atoms with E-state index in [1.807, 2.05) is 6.92 Å². The number of hydrogen-bond acceptors (Lipinski definition) is 4. The van der Waals surface area contributed by atoms with Crippen LogP contribution in [0.2, 0.25) is 0 Å². The number of halogens is 1. The minimum atomic E-state index is -0.612. The fourth-order valence-electron chi connectivity index (χ4n) is 3.12. The summed E-state index contributed by atoms with van der Waals surface area (Å²) in [5, 5.41) is 4.95. The third-order valence-corrected chi connectivity index (χ3v) is 4.47. The summed E-state index contributed by atoms with van der Waals surface area (Å²) in [6, 6.07) is 8.94. The quantitative estimate of drug-likeness (QED) is 0.732. The maximum absolute atomic E-state index is 13.7. The Morgan fingerprint density at radius 3 is 2.45 bits per heavy atom. The molecule has 8 heteroatoms. The number of rotatable bonds is 6. The van der Waals surface area contributed by atoms with Crippen LogP contribution in [0.5, 0.6) is 0 Å². The summed E-state index contributed by atoms with van der Waals surface area (Å²) in [5.41, 5.74) is 1.95. The van der Waals surface area contributed by atoms with Gasteiger partial charge in [-0.3, -0.25) is 24.1 Å². The second-order valence-corrected chi connectivity index (χ2v) is 6.84. The number of anilines is 2. The molecule has 0 aliphatic carbocycles. The fraction of sp³-hybridized carbons (Fsp3) is 0.238. The van der Waals surface area contributed by atoms with Gasteiger partial charge in [-0.15, -0.1) is 0 Å². The lowest BCUT2D eigenvalue weighted by Gasteiger charge is -2.13. The number of hydrogen-bond donors (Lipinski definition) is 2. The number of carbonyl (C=O) groups excluding carboxylic acids is 4. The van der Waals surface area contributed by atoms with Gasteiger partial charge in [0.2, 0.25) is 11.8 Å². The Hall–Kier alpha value is -3.55. The van der Waals surface area contributed by atoms with Gasteiger partial charge in [0.1, 0.15) is 5.82 Å². The molecule has 2 aromatic rings. The number of carbonyl (C=O) groups is 4. The van der Waals surface area contributed by atoms with E-state index in [9.17, 15) is 23.6 Å². The van der Waals surface area contributed by atoms with Gasteiger partial charge in [0.25, 0.3) is 11.8 Å². The van der Waals surface area contributed by atoms with Crippen LogP contribution in [-0.2, 0) is 9.59 Å². The summed E-state index contributed by atoms with van der Waals surface area (Å²) >= 11 is 0. The number of benzene rings is 2. The zero-order chi connectivity index (χ0) is 21.1. The Balaban J connectivity index is 1.55. The fourth-order valence-corrected chi connectivity index (χ4v) is 3.12. The molecule has 0 unspecified atom stereocenters. The first-order chi connectivity index (χ1) is 13.8. The first kappa shape index (κ1) is 20.2. The molecule has 0 saturated carbocycles. The Morgan fingerprint density at radius 2 is 1.72 bits per heavy atom. The number of fused-ring (bicyclic) bond motifs is 1. The number of nitrogens with zero attached hydrogens (tertiary/aromatic N) is 1. The topological polar surface area (TPSA) is 95.6 Å². The first-order valence-corrected chi connectivity index (χ1v) is 9.10. The van der Waals surface area contributed by atoms with Crippen LogP contribution in [0, 0.1) is 12.7 Å². The standard InChI is InChI=1S/C21H20FN3O4/c1-12-5-7-15-16(10-12)21(29)25(20(15)28)9-3-4-19(27)24-14-6-8-17(22)18(11-14)23-13(2)26/h5-8,10-11H,3-4,9H2,1-2H3,(H,23,26)(H,24,27). The van der Waals surface area contributed by atoms with Gasteiger partial charge in [0.15, 0.2) is 0 Å². The molecular weight excluding hydrogens is 377 g/mol. The Kier molecular flexibility index (Phi) is 5.72. The smallest absolute Gasteiger partial charge is 0.261 e. The number of nitrogens with one attached hydrogen (secondary N) is 2. The van der Waals surface area contributed by atoms with Gasteiger partial charge in [-0.1, -0.05) is 11.6 Å². The normalized spacial score (nSPS) is 12.7. The van der Waals surface area contributed by atoms with Crippen LogP contribution in [0.3, 0.4) is 0 Å². The molecule has 150 valence electrons. The Morgan fingerprint density at radius 1 is 1.00 bits per heavy atom. The van der Waals surface area contributed by atoms with E-state index in [0.29, 0.717) is 16.8 Å². The van der Waals surface area contributed by atoms with Crippen LogP contribution in [0.15, 0.2) is 36.4 Å². The Bertz CT molecular complexity index is 1020. The molecule has 0 saturated heterocycles. The molecule has 2 aromatic carbocycles. The predicted molar refractivity (Wildman–Crippen MR) is 105 cm³/mol. The number of amides is 4. The molecule has 3 rings (SSSR count). The molecule has 0 bridgehead atoms. The first-order valence-electron chi connectivity index (χ1n) is 9.10. The average molecular weight is 397 g/mol. The molecule has 0 fully saturated rings. The molecule has 0 atom stereocenters. The molecule has 7 nitrogen and oxygen atoms in total. The number of imide groups is 1. The molecule has 29 heavy (non-hydrogen) atoms. The minimum absolute atomic E-state index is 0.0309. The van der Waals surface area contributed by atoms with Crippen molar-refractivity contribution >= 4 is 35.0 Å². The van der Waals surface area contributed by atoms with E-state index in [1.54, 1.807) is 18.2 Å². The lowest BCUT2D eigenvalue weighted by Crippen LogP contribution is -2.31. The third-order valence-electron chi connectivity index (χ3n) is 4.47. The highest BCUT2D eigenvalue weighted by atomic mass is 19.1. The van der Waals surface area contributed by atoms with E-state index in [2.05, 4.69) is 10.6 Å². The summed E-state index contributed by atoms with van der Waals surface area (Å²) in [7, 11) is 0. The van der Waals surface area contributed by atoms with Crippen LogP contribution < -0.4 is 10.6 Å².